The number of nitrogens with one attached hydrogen (secondary N) is 1. The molecular weight excluding hydrogens is 378 g/mol. The molecule has 1 amide bonds. The topological polar surface area (TPSA) is 38.3 Å². The highest BCUT2D eigenvalue weighted by atomic mass is 79.9. The first-order chi connectivity index (χ1) is 11.0. The molecule has 0 unspecified atom stereocenters. The lowest BCUT2D eigenvalue weighted by Gasteiger charge is -2.11. The van der Waals surface area contributed by atoms with Crippen LogP contribution in [0.1, 0.15) is 24.5 Å². The molecule has 0 aliphatic carbocycles. The molecule has 0 fully saturated rings. The second kappa shape index (κ2) is 8.37. The van der Waals surface area contributed by atoms with E-state index in [0.29, 0.717) is 10.8 Å². The van der Waals surface area contributed by atoms with Crippen LogP contribution in [-0.4, -0.2) is 12.5 Å². The van der Waals surface area contributed by atoms with E-state index in [1.807, 2.05) is 25.1 Å². The van der Waals surface area contributed by atoms with Gasteiger partial charge in [0.05, 0.1) is 4.47 Å². The zero-order chi connectivity index (χ0) is 16.8. The summed E-state index contributed by atoms with van der Waals surface area (Å²) in [5.74, 6) is 0.452. The predicted molar refractivity (Wildman–Crippen MR) is 98.5 cm³/mol. The minimum atomic E-state index is -0.208. The van der Waals surface area contributed by atoms with Crippen molar-refractivity contribution >= 4 is 39.1 Å². The molecule has 1 N–H and O–H groups in total. The highest BCUT2D eigenvalue weighted by Gasteiger charge is 2.08. The predicted octanol–water partition coefficient (Wildman–Crippen LogP) is 5.38. The number of anilines is 1. The van der Waals surface area contributed by atoms with Gasteiger partial charge in [-0.15, -0.1) is 0 Å². The summed E-state index contributed by atoms with van der Waals surface area (Å²) in [7, 11) is 0. The molecule has 0 aromatic heterocycles. The highest BCUT2D eigenvalue weighted by Crippen LogP contribution is 2.26. The third-order valence-electron chi connectivity index (χ3n) is 3.36. The van der Waals surface area contributed by atoms with Crippen LogP contribution in [0.3, 0.4) is 0 Å². The molecule has 5 heteroatoms. The Morgan fingerprint density at radius 3 is 2.70 bits per heavy atom. The van der Waals surface area contributed by atoms with Crippen molar-refractivity contribution in [2.75, 3.05) is 11.9 Å². The molecule has 2 aromatic carbocycles. The maximum absolute atomic E-state index is 12.0. The molecule has 0 radical (unpaired) electrons. The van der Waals surface area contributed by atoms with Gasteiger partial charge in [-0.25, -0.2) is 0 Å². The van der Waals surface area contributed by atoms with Crippen LogP contribution in [0.2, 0.25) is 5.02 Å². The van der Waals surface area contributed by atoms with Crippen molar-refractivity contribution < 1.29 is 9.53 Å². The quantitative estimate of drug-likeness (QED) is 0.712. The number of halogens is 2. The van der Waals surface area contributed by atoms with Gasteiger partial charge in [0, 0.05) is 10.7 Å². The second-order valence-electron chi connectivity index (χ2n) is 5.31. The summed E-state index contributed by atoms with van der Waals surface area (Å²) in [4.78, 5) is 12.0. The Morgan fingerprint density at radius 2 is 2.04 bits per heavy atom. The van der Waals surface area contributed by atoms with Crippen LogP contribution < -0.4 is 10.1 Å². The number of hydrogen-bond acceptors (Lipinski definition) is 2. The average molecular weight is 397 g/mol. The highest BCUT2D eigenvalue weighted by molar-refractivity contribution is 9.10. The maximum Gasteiger partial charge on any atom is 0.262 e. The fraction of sp³-hybridized carbons (Fsp3) is 0.278. The van der Waals surface area contributed by atoms with Gasteiger partial charge in [-0.2, -0.15) is 0 Å². The molecule has 0 saturated heterocycles. The third-order valence-corrected chi connectivity index (χ3v) is 4.21. The van der Waals surface area contributed by atoms with Crippen LogP contribution in [0.25, 0.3) is 0 Å². The van der Waals surface area contributed by atoms with Crippen molar-refractivity contribution in [2.24, 2.45) is 0 Å². The lowest BCUT2D eigenvalue weighted by atomic mass is 10.1. The first kappa shape index (κ1) is 17.8. The molecule has 0 atom stereocenters. The van der Waals surface area contributed by atoms with E-state index in [4.69, 9.17) is 16.3 Å². The van der Waals surface area contributed by atoms with Crippen molar-refractivity contribution in [3.63, 3.8) is 0 Å². The molecule has 0 spiro atoms. The smallest absolute Gasteiger partial charge is 0.262 e. The Kier molecular flexibility index (Phi) is 6.48. The minimum Gasteiger partial charge on any atom is -0.483 e. The average Bonchev–Trinajstić information content (AvgIpc) is 2.50. The van der Waals surface area contributed by atoms with Crippen molar-refractivity contribution in [2.45, 2.75) is 26.7 Å². The van der Waals surface area contributed by atoms with Gasteiger partial charge in [0.2, 0.25) is 0 Å². The number of rotatable bonds is 6. The molecule has 3 nitrogen and oxygen atoms in total. The van der Waals surface area contributed by atoms with E-state index in [1.54, 1.807) is 18.2 Å². The van der Waals surface area contributed by atoms with Crippen LogP contribution in [0.15, 0.2) is 40.9 Å². The van der Waals surface area contributed by atoms with Crippen LogP contribution in [-0.2, 0) is 11.2 Å². The normalized spacial score (nSPS) is 10.4. The standard InChI is InChI=1S/C18H19BrClNO2/c1-3-4-13-5-8-17(15(19)10-13)23-11-18(22)21-16-7-6-14(20)9-12(16)2/h5-10H,3-4,11H2,1-2H3,(H,21,22). The Morgan fingerprint density at radius 1 is 1.26 bits per heavy atom. The van der Waals surface area contributed by atoms with Gasteiger partial charge >= 0.3 is 0 Å². The van der Waals surface area contributed by atoms with E-state index in [1.165, 1.54) is 5.56 Å². The monoisotopic (exact) mass is 395 g/mol. The van der Waals surface area contributed by atoms with E-state index < -0.39 is 0 Å². The number of carbonyl (C=O) groups excluding carboxylic acids is 1. The lowest BCUT2D eigenvalue weighted by molar-refractivity contribution is -0.118. The van der Waals surface area contributed by atoms with Crippen LogP contribution in [0.4, 0.5) is 5.69 Å². The van der Waals surface area contributed by atoms with E-state index in [0.717, 1.165) is 28.6 Å². The van der Waals surface area contributed by atoms with E-state index >= 15 is 0 Å². The summed E-state index contributed by atoms with van der Waals surface area (Å²) in [6.45, 7) is 3.99. The molecule has 2 aromatic rings. The summed E-state index contributed by atoms with van der Waals surface area (Å²) in [5, 5.41) is 3.47. The molecule has 23 heavy (non-hydrogen) atoms. The minimum absolute atomic E-state index is 0.0478. The Balaban J connectivity index is 1.94. The van der Waals surface area contributed by atoms with Crippen molar-refractivity contribution in [1.82, 2.24) is 0 Å². The van der Waals surface area contributed by atoms with Gasteiger partial charge in [-0.1, -0.05) is 31.0 Å². The zero-order valence-corrected chi connectivity index (χ0v) is 15.5. The number of amides is 1. The molecule has 0 aliphatic heterocycles. The van der Waals surface area contributed by atoms with Crippen LogP contribution >= 0.6 is 27.5 Å². The molecule has 0 saturated carbocycles. The largest absolute Gasteiger partial charge is 0.483 e. The number of carbonyl (C=O) groups is 1. The summed E-state index contributed by atoms with van der Waals surface area (Å²) < 4.78 is 6.44. The number of hydrogen-bond donors (Lipinski definition) is 1. The number of benzene rings is 2. The van der Waals surface area contributed by atoms with Crippen molar-refractivity contribution in [1.29, 1.82) is 0 Å². The summed E-state index contributed by atoms with van der Waals surface area (Å²) >= 11 is 9.39. The second-order valence-corrected chi connectivity index (χ2v) is 6.60. The van der Waals surface area contributed by atoms with Gasteiger partial charge in [0.25, 0.3) is 5.91 Å². The molecule has 0 heterocycles. The molecule has 0 bridgehead atoms. The van der Waals surface area contributed by atoms with Crippen molar-refractivity contribution in [3.05, 3.63) is 57.0 Å². The fourth-order valence-corrected chi connectivity index (χ4v) is 2.97. The van der Waals surface area contributed by atoms with Gasteiger partial charge in [0.15, 0.2) is 6.61 Å². The lowest BCUT2D eigenvalue weighted by Crippen LogP contribution is -2.20. The number of ether oxygens (including phenoxy) is 1. The van der Waals surface area contributed by atoms with Gasteiger partial charge in [-0.05, 0) is 70.7 Å². The Labute approximate surface area is 150 Å². The summed E-state index contributed by atoms with van der Waals surface area (Å²) in [6.07, 6.45) is 2.12. The summed E-state index contributed by atoms with van der Waals surface area (Å²) in [6, 6.07) is 11.3. The van der Waals surface area contributed by atoms with E-state index in [-0.39, 0.29) is 12.5 Å². The number of aryl methyl sites for hydroxylation is 2. The Bertz CT molecular complexity index is 703. The van der Waals surface area contributed by atoms with E-state index in [9.17, 15) is 4.79 Å². The SMILES string of the molecule is CCCc1ccc(OCC(=O)Nc2ccc(Cl)cc2C)c(Br)c1. The first-order valence-corrected chi connectivity index (χ1v) is 8.64. The zero-order valence-electron chi connectivity index (χ0n) is 13.2. The van der Waals surface area contributed by atoms with Gasteiger partial charge < -0.3 is 10.1 Å². The summed E-state index contributed by atoms with van der Waals surface area (Å²) in [5.41, 5.74) is 2.89. The first-order valence-electron chi connectivity index (χ1n) is 7.47. The molecular formula is C18H19BrClNO2. The Hall–Kier alpha value is -1.52. The molecule has 2 rings (SSSR count). The van der Waals surface area contributed by atoms with Crippen LogP contribution in [0.5, 0.6) is 5.75 Å². The fourth-order valence-electron chi connectivity index (χ4n) is 2.20. The van der Waals surface area contributed by atoms with Gasteiger partial charge in [-0.3, -0.25) is 4.79 Å². The van der Waals surface area contributed by atoms with E-state index in [2.05, 4.69) is 28.2 Å². The maximum atomic E-state index is 12.0. The third kappa shape index (κ3) is 5.26. The van der Waals surface area contributed by atoms with Crippen LogP contribution in [0, 0.1) is 6.92 Å². The van der Waals surface area contributed by atoms with Gasteiger partial charge in [0.1, 0.15) is 5.75 Å². The molecule has 122 valence electrons. The van der Waals surface area contributed by atoms with Crippen molar-refractivity contribution in [3.8, 4) is 5.75 Å². The molecule has 0 aliphatic rings.